The Morgan fingerprint density at radius 2 is 2.08 bits per heavy atom. The zero-order valence-corrected chi connectivity index (χ0v) is 21.8. The second kappa shape index (κ2) is 11.1. The number of thiocarbonyl (C=S) groups is 1. The molecule has 2 aromatic rings. The Morgan fingerprint density at radius 3 is 2.78 bits per heavy atom. The van der Waals surface area contributed by atoms with Crippen LogP contribution in [-0.2, 0) is 22.7 Å². The number of carbonyl (C=O) groups is 2. The summed E-state index contributed by atoms with van der Waals surface area (Å²) in [5, 5.41) is 22.2. The number of thioether (sulfide) groups is 1. The Morgan fingerprint density at radius 1 is 1.32 bits per heavy atom. The minimum atomic E-state index is -1.18. The Labute approximate surface area is 222 Å². The van der Waals surface area contributed by atoms with Gasteiger partial charge in [-0.15, -0.1) is 0 Å². The summed E-state index contributed by atoms with van der Waals surface area (Å²) >= 11 is 6.20. The summed E-state index contributed by atoms with van der Waals surface area (Å²) in [5.41, 5.74) is 1.34. The van der Waals surface area contributed by atoms with Gasteiger partial charge in [-0.3, -0.25) is 23.9 Å². The number of fused-ring (bicyclic) bond motifs is 1. The summed E-state index contributed by atoms with van der Waals surface area (Å²) < 4.78 is 12.5. The minimum absolute atomic E-state index is 0.0167. The Kier molecular flexibility index (Phi) is 7.85. The van der Waals surface area contributed by atoms with Crippen molar-refractivity contribution in [3.63, 3.8) is 0 Å². The lowest BCUT2D eigenvalue weighted by atomic mass is 10.0. The molecule has 1 saturated heterocycles. The zero-order valence-electron chi connectivity index (χ0n) is 20.2. The largest absolute Gasteiger partial charge is 0.480 e. The quantitative estimate of drug-likeness (QED) is 0.360. The van der Waals surface area contributed by atoms with Gasteiger partial charge in [0.15, 0.2) is 11.5 Å². The van der Waals surface area contributed by atoms with Gasteiger partial charge in [0.25, 0.3) is 11.5 Å². The molecule has 2 aliphatic heterocycles. The first-order valence-corrected chi connectivity index (χ1v) is 12.7. The minimum Gasteiger partial charge on any atom is -0.480 e. The van der Waals surface area contributed by atoms with Gasteiger partial charge in [-0.1, -0.05) is 43.4 Å². The maximum absolute atomic E-state index is 13.3. The number of carboxylic acids is 1. The lowest BCUT2D eigenvalue weighted by Gasteiger charge is -2.20. The fourth-order valence-corrected chi connectivity index (χ4v) is 5.26. The van der Waals surface area contributed by atoms with Crippen molar-refractivity contribution in [1.29, 1.82) is 5.26 Å². The van der Waals surface area contributed by atoms with Crippen LogP contribution in [-0.4, -0.2) is 44.1 Å². The number of aliphatic carboxylic acids is 1. The number of rotatable bonds is 9. The molecule has 1 fully saturated rings. The number of anilines is 1. The van der Waals surface area contributed by atoms with E-state index in [0.717, 1.165) is 28.6 Å². The van der Waals surface area contributed by atoms with Crippen LogP contribution in [0, 0.1) is 18.3 Å². The summed E-state index contributed by atoms with van der Waals surface area (Å²) in [6.45, 7) is 3.96. The summed E-state index contributed by atoms with van der Waals surface area (Å²) in [7, 11) is 0. The first-order chi connectivity index (χ1) is 17.7. The van der Waals surface area contributed by atoms with Crippen LogP contribution in [0.5, 0.6) is 11.5 Å². The van der Waals surface area contributed by atoms with Crippen LogP contribution < -0.4 is 20.3 Å². The van der Waals surface area contributed by atoms with E-state index in [1.54, 1.807) is 13.0 Å². The summed E-state index contributed by atoms with van der Waals surface area (Å²) in [4.78, 5) is 38.6. The molecule has 0 radical (unpaired) electrons. The monoisotopic (exact) mass is 540 g/mol. The van der Waals surface area contributed by atoms with Crippen LogP contribution in [0.1, 0.15) is 42.0 Å². The molecule has 4 rings (SSSR count). The highest BCUT2D eigenvalue weighted by Crippen LogP contribution is 2.36. The van der Waals surface area contributed by atoms with Gasteiger partial charge < -0.3 is 19.9 Å². The maximum Gasteiger partial charge on any atom is 0.323 e. The summed E-state index contributed by atoms with van der Waals surface area (Å²) in [6, 6.07) is 7.53. The third-order valence-electron chi connectivity index (χ3n) is 5.95. The van der Waals surface area contributed by atoms with E-state index in [1.165, 1.54) is 4.57 Å². The highest BCUT2D eigenvalue weighted by atomic mass is 32.2. The second-order valence-corrected chi connectivity index (χ2v) is 10.1. The van der Waals surface area contributed by atoms with Crippen molar-refractivity contribution in [2.75, 3.05) is 18.7 Å². The lowest BCUT2D eigenvalue weighted by molar-refractivity contribution is -0.140. The molecule has 1 aromatic carbocycles. The number of carbonyl (C=O) groups excluding carboxylic acids is 1. The fraction of sp³-hybridized carbons (Fsp3) is 0.320. The van der Waals surface area contributed by atoms with Gasteiger partial charge in [-0.25, -0.2) is 0 Å². The number of nitrogens with one attached hydrogen (secondary N) is 1. The molecule has 1 aromatic heterocycles. The molecule has 0 spiro atoms. The first kappa shape index (κ1) is 26.2. The zero-order chi connectivity index (χ0) is 26.7. The molecule has 0 unspecified atom stereocenters. The molecule has 10 nitrogen and oxygen atoms in total. The van der Waals surface area contributed by atoms with Crippen molar-refractivity contribution in [2.45, 2.75) is 39.8 Å². The molecule has 3 heterocycles. The highest BCUT2D eigenvalue weighted by molar-refractivity contribution is 8.26. The van der Waals surface area contributed by atoms with Gasteiger partial charge in [0.2, 0.25) is 6.79 Å². The molecule has 0 saturated carbocycles. The SMILES string of the molecule is CCCCn1c(NCc2ccc3c(c2)OCO3)c(/C=C2/SC(=S)N(CC(=O)O)C2=O)c(C)c(C#N)c1=O. The number of nitriles is 1. The van der Waals surface area contributed by atoms with Gasteiger partial charge in [-0.05, 0) is 42.7 Å². The van der Waals surface area contributed by atoms with E-state index in [0.29, 0.717) is 48.0 Å². The fourth-order valence-electron chi connectivity index (χ4n) is 4.02. The van der Waals surface area contributed by atoms with Gasteiger partial charge in [0, 0.05) is 18.7 Å². The van der Waals surface area contributed by atoms with Crippen molar-refractivity contribution >= 4 is 52.1 Å². The van der Waals surface area contributed by atoms with Crippen molar-refractivity contribution in [1.82, 2.24) is 9.47 Å². The highest BCUT2D eigenvalue weighted by Gasteiger charge is 2.34. The Bertz CT molecular complexity index is 1430. The molecule has 0 bridgehead atoms. The number of hydrogen-bond acceptors (Lipinski definition) is 9. The van der Waals surface area contributed by atoms with Crippen LogP contribution in [0.2, 0.25) is 0 Å². The number of unbranched alkanes of at least 4 members (excludes halogenated alkanes) is 1. The van der Waals surface area contributed by atoms with E-state index < -0.39 is 24.0 Å². The van der Waals surface area contributed by atoms with E-state index in [2.05, 4.69) is 5.32 Å². The second-order valence-electron chi connectivity index (χ2n) is 8.39. The number of amides is 1. The summed E-state index contributed by atoms with van der Waals surface area (Å²) in [5.74, 6) is 0.0158. The summed E-state index contributed by atoms with van der Waals surface area (Å²) in [6.07, 6.45) is 3.10. The number of aromatic nitrogens is 1. The van der Waals surface area contributed by atoms with Crippen LogP contribution in [0.4, 0.5) is 5.82 Å². The number of carboxylic acid groups (broad SMARTS) is 1. The molecular formula is C25H24N4O6S2. The van der Waals surface area contributed by atoms with Crippen molar-refractivity contribution in [3.05, 3.63) is 55.7 Å². The van der Waals surface area contributed by atoms with E-state index >= 15 is 0 Å². The lowest BCUT2D eigenvalue weighted by Crippen LogP contribution is -2.33. The van der Waals surface area contributed by atoms with Crippen molar-refractivity contribution in [2.24, 2.45) is 0 Å². The molecule has 1 amide bonds. The molecule has 37 heavy (non-hydrogen) atoms. The molecule has 2 N–H and O–H groups in total. The van der Waals surface area contributed by atoms with Crippen LogP contribution in [0.25, 0.3) is 6.08 Å². The molecule has 0 atom stereocenters. The van der Waals surface area contributed by atoms with Crippen molar-refractivity contribution in [3.8, 4) is 17.6 Å². The van der Waals surface area contributed by atoms with E-state index in [-0.39, 0.29) is 21.6 Å². The third-order valence-corrected chi connectivity index (χ3v) is 7.33. The number of benzene rings is 1. The number of ether oxygens (including phenoxy) is 2. The Balaban J connectivity index is 1.80. The van der Waals surface area contributed by atoms with Gasteiger partial charge in [0.1, 0.15) is 28.3 Å². The van der Waals surface area contributed by atoms with Crippen LogP contribution in [0.3, 0.4) is 0 Å². The Hall–Kier alpha value is -3.82. The maximum atomic E-state index is 13.3. The first-order valence-electron chi connectivity index (χ1n) is 11.5. The number of nitrogens with zero attached hydrogens (tertiary/aromatic N) is 3. The predicted octanol–water partition coefficient (Wildman–Crippen LogP) is 3.46. The average molecular weight is 541 g/mol. The van der Waals surface area contributed by atoms with E-state index in [4.69, 9.17) is 26.8 Å². The van der Waals surface area contributed by atoms with Gasteiger partial charge in [-0.2, -0.15) is 5.26 Å². The molecule has 192 valence electrons. The molecule has 0 aliphatic carbocycles. The van der Waals surface area contributed by atoms with E-state index in [1.807, 2.05) is 31.2 Å². The third kappa shape index (κ3) is 5.33. The van der Waals surface area contributed by atoms with Gasteiger partial charge in [0.05, 0.1) is 4.91 Å². The molecule has 12 heteroatoms. The topological polar surface area (TPSA) is 134 Å². The van der Waals surface area contributed by atoms with Crippen molar-refractivity contribution < 1.29 is 24.2 Å². The van der Waals surface area contributed by atoms with Crippen LogP contribution >= 0.6 is 24.0 Å². The molecular weight excluding hydrogens is 516 g/mol. The number of pyridine rings is 1. The van der Waals surface area contributed by atoms with E-state index in [9.17, 15) is 19.6 Å². The van der Waals surface area contributed by atoms with Gasteiger partial charge >= 0.3 is 5.97 Å². The standard InChI is InChI=1S/C25H24N4O6S2/c1-3-4-7-28-22(27-11-15-5-6-18-19(8-15)35-13-34-18)16(14(2)17(10-26)23(28)32)9-20-24(33)29(12-21(30)31)25(36)37-20/h5-6,8-9,27H,3-4,7,11-13H2,1-2H3,(H,30,31)/b20-9+. The molecule has 2 aliphatic rings. The smallest absolute Gasteiger partial charge is 0.323 e. The average Bonchev–Trinajstić information content (AvgIpc) is 3.43. The van der Waals surface area contributed by atoms with Crippen LogP contribution in [0.15, 0.2) is 27.9 Å². The number of hydrogen-bond donors (Lipinski definition) is 2. The normalized spacial score (nSPS) is 15.4. The predicted molar refractivity (Wildman–Crippen MR) is 142 cm³/mol.